The molecule has 1 atom stereocenters. The average molecular weight is 373 g/mol. The van der Waals surface area contributed by atoms with Crippen molar-refractivity contribution in [2.45, 2.75) is 52.1 Å². The van der Waals surface area contributed by atoms with Crippen LogP contribution in [0.4, 0.5) is 0 Å². The van der Waals surface area contributed by atoms with E-state index < -0.39 is 18.0 Å². The van der Waals surface area contributed by atoms with Gasteiger partial charge in [0, 0.05) is 23.1 Å². The van der Waals surface area contributed by atoms with E-state index in [-0.39, 0.29) is 18.6 Å². The highest BCUT2D eigenvalue weighted by Gasteiger charge is 2.21. The Morgan fingerprint density at radius 3 is 2.67 bits per heavy atom. The summed E-state index contributed by atoms with van der Waals surface area (Å²) >= 11 is 0. The first-order valence-corrected chi connectivity index (χ1v) is 9.12. The van der Waals surface area contributed by atoms with E-state index in [9.17, 15) is 14.4 Å². The second kappa shape index (κ2) is 7.82. The molecule has 1 aliphatic rings. The van der Waals surface area contributed by atoms with Crippen LogP contribution in [0.5, 0.6) is 5.75 Å². The lowest BCUT2D eigenvalue weighted by molar-refractivity contribution is -0.137. The van der Waals surface area contributed by atoms with E-state index >= 15 is 0 Å². The van der Waals surface area contributed by atoms with Crippen molar-refractivity contribution in [2.24, 2.45) is 0 Å². The van der Waals surface area contributed by atoms with Crippen molar-refractivity contribution in [2.75, 3.05) is 6.54 Å². The minimum absolute atomic E-state index is 0.0413. The summed E-state index contributed by atoms with van der Waals surface area (Å²) in [6, 6.07) is 3.66. The number of aryl methyl sites for hydroxylation is 2. The summed E-state index contributed by atoms with van der Waals surface area (Å²) in [5.74, 6) is -0.919. The number of ether oxygens (including phenoxy) is 1. The van der Waals surface area contributed by atoms with Crippen LogP contribution in [0.1, 0.15) is 42.9 Å². The third kappa shape index (κ3) is 3.97. The molecule has 1 aliphatic carbocycles. The van der Waals surface area contributed by atoms with Crippen LogP contribution in [0.15, 0.2) is 21.3 Å². The summed E-state index contributed by atoms with van der Waals surface area (Å²) in [5.41, 5.74) is 2.70. The molecule has 7 heteroatoms. The van der Waals surface area contributed by atoms with Gasteiger partial charge in [-0.25, -0.2) is 4.79 Å². The van der Waals surface area contributed by atoms with E-state index in [0.29, 0.717) is 16.9 Å². The summed E-state index contributed by atoms with van der Waals surface area (Å²) in [5, 5.41) is 12.1. The Morgan fingerprint density at radius 2 is 1.96 bits per heavy atom. The van der Waals surface area contributed by atoms with E-state index in [1.165, 1.54) is 0 Å². The molecule has 1 amide bonds. The Hall–Kier alpha value is -2.83. The van der Waals surface area contributed by atoms with Crippen LogP contribution in [0.3, 0.4) is 0 Å². The number of fused-ring (bicyclic) bond motifs is 3. The van der Waals surface area contributed by atoms with E-state index in [0.717, 1.165) is 42.2 Å². The molecule has 144 valence electrons. The average Bonchev–Trinajstić information content (AvgIpc) is 2.64. The number of carboxylic acids is 1. The lowest BCUT2D eigenvalue weighted by atomic mass is 9.90. The van der Waals surface area contributed by atoms with Crippen LogP contribution < -0.4 is 15.7 Å². The molecule has 0 aliphatic heterocycles. The summed E-state index contributed by atoms with van der Waals surface area (Å²) in [4.78, 5) is 34.9. The van der Waals surface area contributed by atoms with E-state index in [1.807, 2.05) is 6.07 Å². The van der Waals surface area contributed by atoms with Gasteiger partial charge in [-0.2, -0.15) is 0 Å². The van der Waals surface area contributed by atoms with Crippen molar-refractivity contribution in [3.05, 3.63) is 39.2 Å². The highest BCUT2D eigenvalue weighted by Crippen LogP contribution is 2.32. The number of benzene rings is 1. The molecule has 1 heterocycles. The Bertz CT molecular complexity index is 946. The largest absolute Gasteiger partial charge is 0.481 e. The normalized spacial score (nSPS) is 14.4. The maximum Gasteiger partial charge on any atom is 0.339 e. The van der Waals surface area contributed by atoms with Crippen LogP contribution in [-0.4, -0.2) is 29.6 Å². The van der Waals surface area contributed by atoms with Crippen molar-refractivity contribution in [1.29, 1.82) is 0 Å². The molecule has 0 unspecified atom stereocenters. The maximum absolute atomic E-state index is 12.3. The zero-order chi connectivity index (χ0) is 19.6. The molecule has 0 saturated carbocycles. The second-order valence-corrected chi connectivity index (χ2v) is 6.81. The van der Waals surface area contributed by atoms with Crippen molar-refractivity contribution in [1.82, 2.24) is 5.32 Å². The molecule has 0 bridgehead atoms. The summed E-state index contributed by atoms with van der Waals surface area (Å²) < 4.78 is 11.3. The third-order valence-electron chi connectivity index (χ3n) is 4.90. The van der Waals surface area contributed by atoms with Crippen LogP contribution in [-0.2, 0) is 22.4 Å². The van der Waals surface area contributed by atoms with Gasteiger partial charge in [-0.05, 0) is 57.2 Å². The van der Waals surface area contributed by atoms with Gasteiger partial charge in [0.15, 0.2) is 6.10 Å². The van der Waals surface area contributed by atoms with Gasteiger partial charge in [-0.15, -0.1) is 0 Å². The van der Waals surface area contributed by atoms with Gasteiger partial charge in [-0.1, -0.05) is 0 Å². The lowest BCUT2D eigenvalue weighted by Gasteiger charge is -2.19. The minimum atomic E-state index is -0.979. The van der Waals surface area contributed by atoms with Gasteiger partial charge in [0.1, 0.15) is 11.3 Å². The maximum atomic E-state index is 12.3. The first kappa shape index (κ1) is 18.9. The molecule has 0 saturated heterocycles. The monoisotopic (exact) mass is 373 g/mol. The number of hydrogen-bond donors (Lipinski definition) is 2. The van der Waals surface area contributed by atoms with E-state index in [2.05, 4.69) is 5.32 Å². The number of carboxylic acid groups (broad SMARTS) is 1. The number of rotatable bonds is 6. The first-order chi connectivity index (χ1) is 12.9. The highest BCUT2D eigenvalue weighted by molar-refractivity contribution is 5.86. The molecule has 0 spiro atoms. The van der Waals surface area contributed by atoms with Crippen molar-refractivity contribution >= 4 is 22.8 Å². The number of aliphatic carboxylic acids is 1. The Labute approximate surface area is 156 Å². The highest BCUT2D eigenvalue weighted by atomic mass is 16.5. The number of carbonyl (C=O) groups excluding carboxylic acids is 1. The molecule has 1 aromatic heterocycles. The van der Waals surface area contributed by atoms with Gasteiger partial charge < -0.3 is 19.6 Å². The van der Waals surface area contributed by atoms with Gasteiger partial charge in [-0.3, -0.25) is 9.59 Å². The van der Waals surface area contributed by atoms with Crippen LogP contribution in [0.25, 0.3) is 11.0 Å². The predicted molar refractivity (Wildman–Crippen MR) is 99.2 cm³/mol. The molecule has 0 fully saturated rings. The SMILES string of the molecule is Cc1c(O[C@@H](C)C(=O)NCCC(=O)O)ccc2c3c(c(=O)oc12)CCCC3. The summed E-state index contributed by atoms with van der Waals surface area (Å²) in [6.45, 7) is 3.42. The zero-order valence-electron chi connectivity index (χ0n) is 15.5. The molecular weight excluding hydrogens is 350 g/mol. The molecule has 1 aromatic carbocycles. The van der Waals surface area contributed by atoms with Gasteiger partial charge in [0.25, 0.3) is 5.91 Å². The Kier molecular flexibility index (Phi) is 5.48. The quantitative estimate of drug-likeness (QED) is 0.753. The van der Waals surface area contributed by atoms with Gasteiger partial charge in [0.2, 0.25) is 0 Å². The Balaban J connectivity index is 1.84. The third-order valence-corrected chi connectivity index (χ3v) is 4.90. The van der Waals surface area contributed by atoms with Crippen LogP contribution in [0, 0.1) is 6.92 Å². The molecule has 0 radical (unpaired) electrons. The fraction of sp³-hybridized carbons (Fsp3) is 0.450. The Morgan fingerprint density at radius 1 is 1.26 bits per heavy atom. The fourth-order valence-corrected chi connectivity index (χ4v) is 3.43. The number of amides is 1. The molecule has 3 rings (SSSR count). The van der Waals surface area contributed by atoms with Crippen LogP contribution >= 0.6 is 0 Å². The number of hydrogen-bond acceptors (Lipinski definition) is 5. The van der Waals surface area contributed by atoms with Gasteiger partial charge in [0.05, 0.1) is 6.42 Å². The fourth-order valence-electron chi connectivity index (χ4n) is 3.43. The molecule has 2 aromatic rings. The standard InChI is InChI=1S/C20H23NO6/c1-11-16(26-12(2)19(24)21-10-9-17(22)23)8-7-14-13-5-3-4-6-15(13)20(25)27-18(11)14/h7-8,12H,3-6,9-10H2,1-2H3,(H,21,24)(H,22,23)/t12-/m0/s1. The summed E-state index contributed by atoms with van der Waals surface area (Å²) in [7, 11) is 0. The first-order valence-electron chi connectivity index (χ1n) is 9.12. The van der Waals surface area contributed by atoms with E-state index in [4.69, 9.17) is 14.3 Å². The second-order valence-electron chi connectivity index (χ2n) is 6.81. The topological polar surface area (TPSA) is 106 Å². The van der Waals surface area contributed by atoms with Crippen molar-refractivity contribution in [3.63, 3.8) is 0 Å². The molecule has 27 heavy (non-hydrogen) atoms. The van der Waals surface area contributed by atoms with Gasteiger partial charge >= 0.3 is 11.6 Å². The smallest absolute Gasteiger partial charge is 0.339 e. The molecule has 2 N–H and O–H groups in total. The number of nitrogens with one attached hydrogen (secondary N) is 1. The summed E-state index contributed by atoms with van der Waals surface area (Å²) in [6.07, 6.45) is 2.70. The predicted octanol–water partition coefficient (Wildman–Crippen LogP) is 2.34. The molecule has 7 nitrogen and oxygen atoms in total. The van der Waals surface area contributed by atoms with Crippen molar-refractivity contribution < 1.29 is 23.8 Å². The van der Waals surface area contributed by atoms with Crippen molar-refractivity contribution in [3.8, 4) is 5.75 Å². The van der Waals surface area contributed by atoms with E-state index in [1.54, 1.807) is 19.9 Å². The number of carbonyl (C=O) groups is 2. The lowest BCUT2D eigenvalue weighted by Crippen LogP contribution is -2.37. The molecular formula is C20H23NO6. The zero-order valence-corrected chi connectivity index (χ0v) is 15.5. The minimum Gasteiger partial charge on any atom is -0.481 e. The van der Waals surface area contributed by atoms with Crippen LogP contribution in [0.2, 0.25) is 0 Å².